The second-order valence-electron chi connectivity index (χ2n) is 6.74. The summed E-state index contributed by atoms with van der Waals surface area (Å²) >= 11 is 0. The van der Waals surface area contributed by atoms with Crippen LogP contribution in [0.2, 0.25) is 0 Å². The van der Waals surface area contributed by atoms with Crippen molar-refractivity contribution in [3.63, 3.8) is 0 Å². The van der Waals surface area contributed by atoms with Crippen molar-refractivity contribution in [1.82, 2.24) is 9.55 Å². The van der Waals surface area contributed by atoms with Gasteiger partial charge in [0.1, 0.15) is 12.1 Å². The minimum Gasteiger partial charge on any atom is -0.497 e. The van der Waals surface area contributed by atoms with E-state index >= 15 is 0 Å². The molecule has 5 nitrogen and oxygen atoms in total. The lowest BCUT2D eigenvalue weighted by Gasteiger charge is -2.15. The topological polar surface area (TPSA) is 62.3 Å². The van der Waals surface area contributed by atoms with E-state index in [1.807, 2.05) is 72.4 Å². The number of benzene rings is 3. The van der Waals surface area contributed by atoms with Crippen LogP contribution in [0.3, 0.4) is 0 Å². The number of rotatable bonds is 5. The zero-order valence-electron chi connectivity index (χ0n) is 16.2. The van der Waals surface area contributed by atoms with Gasteiger partial charge in [0, 0.05) is 11.6 Å². The normalized spacial score (nSPS) is 12.1. The second-order valence-corrected chi connectivity index (χ2v) is 6.74. The summed E-state index contributed by atoms with van der Waals surface area (Å²) in [6.45, 7) is 1.97. The summed E-state index contributed by atoms with van der Waals surface area (Å²) in [4.78, 5) is 4.58. The second kappa shape index (κ2) is 7.37. The molecule has 0 bridgehead atoms. The highest BCUT2D eigenvalue weighted by Crippen LogP contribution is 2.37. The van der Waals surface area contributed by atoms with Gasteiger partial charge in [0.05, 0.1) is 30.9 Å². The SMILES string of the molecule is COc1cccc(-c2cccc(-n3cnc4cc([C@@H](C)N)ccc43)c2OC)c1. The van der Waals surface area contributed by atoms with Crippen LogP contribution < -0.4 is 15.2 Å². The average Bonchev–Trinajstić information content (AvgIpc) is 3.16. The van der Waals surface area contributed by atoms with Crippen molar-refractivity contribution in [3.8, 4) is 28.3 Å². The van der Waals surface area contributed by atoms with E-state index in [1.165, 1.54) is 0 Å². The quantitative estimate of drug-likeness (QED) is 0.549. The lowest BCUT2D eigenvalue weighted by atomic mass is 10.0. The molecule has 0 saturated carbocycles. The van der Waals surface area contributed by atoms with Crippen LogP contribution >= 0.6 is 0 Å². The van der Waals surface area contributed by atoms with Crippen LogP contribution in [0.5, 0.6) is 11.5 Å². The summed E-state index contributed by atoms with van der Waals surface area (Å²) in [5.74, 6) is 1.59. The fourth-order valence-corrected chi connectivity index (χ4v) is 3.45. The van der Waals surface area contributed by atoms with Gasteiger partial charge in [-0.15, -0.1) is 0 Å². The lowest BCUT2D eigenvalue weighted by molar-refractivity contribution is 0.413. The summed E-state index contributed by atoms with van der Waals surface area (Å²) < 4.78 is 13.2. The molecule has 28 heavy (non-hydrogen) atoms. The van der Waals surface area contributed by atoms with Crippen molar-refractivity contribution in [2.45, 2.75) is 13.0 Å². The van der Waals surface area contributed by atoms with Gasteiger partial charge in [-0.25, -0.2) is 4.98 Å². The Morgan fingerprint density at radius 2 is 1.79 bits per heavy atom. The largest absolute Gasteiger partial charge is 0.497 e. The minimum absolute atomic E-state index is 0.0273. The molecule has 0 amide bonds. The number of ether oxygens (including phenoxy) is 2. The average molecular weight is 373 g/mol. The van der Waals surface area contributed by atoms with E-state index < -0.39 is 0 Å². The Hall–Kier alpha value is -3.31. The van der Waals surface area contributed by atoms with Crippen LogP contribution in [-0.2, 0) is 0 Å². The number of hydrogen-bond donors (Lipinski definition) is 1. The van der Waals surface area contributed by atoms with E-state index in [0.29, 0.717) is 0 Å². The maximum absolute atomic E-state index is 6.01. The maximum atomic E-state index is 6.01. The van der Waals surface area contributed by atoms with E-state index in [-0.39, 0.29) is 6.04 Å². The van der Waals surface area contributed by atoms with Crippen molar-refractivity contribution >= 4 is 11.0 Å². The number of hydrogen-bond acceptors (Lipinski definition) is 4. The Labute approximate surface area is 164 Å². The van der Waals surface area contributed by atoms with E-state index in [9.17, 15) is 0 Å². The molecule has 4 aromatic rings. The monoisotopic (exact) mass is 373 g/mol. The third-order valence-electron chi connectivity index (χ3n) is 4.94. The molecule has 0 saturated heterocycles. The number of methoxy groups -OCH3 is 2. The highest BCUT2D eigenvalue weighted by Gasteiger charge is 2.15. The van der Waals surface area contributed by atoms with Crippen molar-refractivity contribution in [3.05, 3.63) is 72.6 Å². The van der Waals surface area contributed by atoms with Crippen LogP contribution in [0.15, 0.2) is 67.0 Å². The van der Waals surface area contributed by atoms with E-state index in [1.54, 1.807) is 14.2 Å². The molecule has 1 atom stereocenters. The fourth-order valence-electron chi connectivity index (χ4n) is 3.45. The Balaban J connectivity index is 1.88. The Kier molecular flexibility index (Phi) is 4.75. The molecule has 0 aliphatic rings. The fraction of sp³-hybridized carbons (Fsp3) is 0.174. The molecule has 0 aliphatic carbocycles. The molecule has 1 heterocycles. The van der Waals surface area contributed by atoms with Gasteiger partial charge in [-0.3, -0.25) is 4.57 Å². The number of nitrogens with two attached hydrogens (primary N) is 1. The summed E-state index contributed by atoms with van der Waals surface area (Å²) in [5.41, 5.74) is 11.9. The van der Waals surface area contributed by atoms with Gasteiger partial charge in [0.25, 0.3) is 0 Å². The Morgan fingerprint density at radius 1 is 0.964 bits per heavy atom. The van der Waals surface area contributed by atoms with Crippen LogP contribution in [0.1, 0.15) is 18.5 Å². The van der Waals surface area contributed by atoms with E-state index in [2.05, 4.69) is 11.1 Å². The molecule has 1 aromatic heterocycles. The van der Waals surface area contributed by atoms with Gasteiger partial charge in [0.2, 0.25) is 0 Å². The zero-order chi connectivity index (χ0) is 19.7. The molecule has 4 rings (SSSR count). The van der Waals surface area contributed by atoms with Crippen molar-refractivity contribution < 1.29 is 9.47 Å². The molecule has 0 fully saturated rings. The van der Waals surface area contributed by atoms with Crippen LogP contribution in [-0.4, -0.2) is 23.8 Å². The molecular formula is C23H23N3O2. The van der Waals surface area contributed by atoms with Crippen LogP contribution in [0.25, 0.3) is 27.8 Å². The molecule has 5 heteroatoms. The summed E-state index contributed by atoms with van der Waals surface area (Å²) in [6, 6.07) is 20.2. The van der Waals surface area contributed by atoms with E-state index in [4.69, 9.17) is 15.2 Å². The molecular weight excluding hydrogens is 350 g/mol. The van der Waals surface area contributed by atoms with Gasteiger partial charge in [0.15, 0.2) is 5.75 Å². The molecule has 142 valence electrons. The van der Waals surface area contributed by atoms with Crippen molar-refractivity contribution in [2.24, 2.45) is 5.73 Å². The van der Waals surface area contributed by atoms with Crippen LogP contribution in [0.4, 0.5) is 0 Å². The standard InChI is InChI=1S/C23H23N3O2/c1-15(24)16-10-11-21-20(13-16)25-14-26(21)22-9-5-8-19(23(22)28-3)17-6-4-7-18(12-17)27-2/h4-15H,24H2,1-3H3/t15-/m1/s1. The lowest BCUT2D eigenvalue weighted by Crippen LogP contribution is -2.04. The number of aromatic nitrogens is 2. The summed E-state index contributed by atoms with van der Waals surface area (Å²) in [7, 11) is 3.36. The first-order valence-electron chi connectivity index (χ1n) is 9.16. The van der Waals surface area contributed by atoms with Gasteiger partial charge >= 0.3 is 0 Å². The summed E-state index contributed by atoms with van der Waals surface area (Å²) in [5, 5.41) is 0. The van der Waals surface area contributed by atoms with Gasteiger partial charge < -0.3 is 15.2 Å². The third kappa shape index (κ3) is 3.10. The Bertz CT molecular complexity index is 1130. The van der Waals surface area contributed by atoms with Crippen molar-refractivity contribution in [2.75, 3.05) is 14.2 Å². The smallest absolute Gasteiger partial charge is 0.150 e. The first-order valence-corrected chi connectivity index (χ1v) is 9.16. The number of imidazole rings is 1. The number of para-hydroxylation sites is 1. The molecule has 0 aliphatic heterocycles. The third-order valence-corrected chi connectivity index (χ3v) is 4.94. The first kappa shape index (κ1) is 18.1. The van der Waals surface area contributed by atoms with Gasteiger partial charge in [-0.05, 0) is 48.4 Å². The molecule has 2 N–H and O–H groups in total. The highest BCUT2D eigenvalue weighted by molar-refractivity contribution is 5.82. The minimum atomic E-state index is -0.0273. The maximum Gasteiger partial charge on any atom is 0.150 e. The van der Waals surface area contributed by atoms with Gasteiger partial charge in [-0.2, -0.15) is 0 Å². The molecule has 0 unspecified atom stereocenters. The predicted octanol–water partition coefficient (Wildman–Crippen LogP) is 4.73. The molecule has 0 spiro atoms. The highest BCUT2D eigenvalue weighted by atomic mass is 16.5. The molecule has 3 aromatic carbocycles. The predicted molar refractivity (Wildman–Crippen MR) is 112 cm³/mol. The number of fused-ring (bicyclic) bond motifs is 1. The first-order chi connectivity index (χ1) is 13.6. The Morgan fingerprint density at radius 3 is 2.54 bits per heavy atom. The summed E-state index contributed by atoms with van der Waals surface area (Å²) in [6.07, 6.45) is 1.82. The van der Waals surface area contributed by atoms with Gasteiger partial charge in [-0.1, -0.05) is 30.3 Å². The molecule has 0 radical (unpaired) electrons. The number of nitrogens with zero attached hydrogens (tertiary/aromatic N) is 2. The van der Waals surface area contributed by atoms with Crippen LogP contribution in [0, 0.1) is 0 Å². The zero-order valence-corrected chi connectivity index (χ0v) is 16.2. The van der Waals surface area contributed by atoms with Crippen molar-refractivity contribution in [1.29, 1.82) is 0 Å². The van der Waals surface area contributed by atoms with E-state index in [0.717, 1.165) is 44.9 Å².